The first-order chi connectivity index (χ1) is 5.77. The number of alkyl halides is 2. The minimum atomic E-state index is -2.37. The van der Waals surface area contributed by atoms with Gasteiger partial charge in [-0.3, -0.25) is 0 Å². The van der Waals surface area contributed by atoms with E-state index in [0.29, 0.717) is 5.92 Å². The van der Waals surface area contributed by atoms with Crippen molar-refractivity contribution in [3.05, 3.63) is 0 Å². The summed E-state index contributed by atoms with van der Waals surface area (Å²) in [6, 6.07) is 0. The zero-order valence-corrected chi connectivity index (χ0v) is 8.66. The van der Waals surface area contributed by atoms with Crippen LogP contribution >= 0.6 is 0 Å². The molecule has 13 heavy (non-hydrogen) atoms. The second kappa shape index (κ2) is 2.26. The highest BCUT2D eigenvalue weighted by Crippen LogP contribution is 2.71. The highest BCUT2D eigenvalue weighted by atomic mass is 19.3. The first-order valence-electron chi connectivity index (χ1n) is 5.15. The average Bonchev–Trinajstić information content (AvgIpc) is 2.58. The molecule has 76 valence electrons. The van der Waals surface area contributed by atoms with Crippen LogP contribution in [0, 0.1) is 16.7 Å². The molecule has 0 N–H and O–H groups in total. The van der Waals surface area contributed by atoms with Crippen molar-refractivity contribution in [1.82, 2.24) is 0 Å². The molecule has 2 unspecified atom stereocenters. The first kappa shape index (κ1) is 9.42. The van der Waals surface area contributed by atoms with Crippen molar-refractivity contribution < 1.29 is 8.78 Å². The van der Waals surface area contributed by atoms with E-state index in [1.807, 2.05) is 0 Å². The second-order valence-electron chi connectivity index (χ2n) is 5.87. The lowest BCUT2D eigenvalue weighted by Gasteiger charge is -2.37. The van der Waals surface area contributed by atoms with E-state index in [-0.39, 0.29) is 23.7 Å². The normalized spacial score (nSPS) is 42.7. The summed E-state index contributed by atoms with van der Waals surface area (Å²) in [5.41, 5.74) is 0.475. The van der Waals surface area contributed by atoms with Crippen LogP contribution in [0.15, 0.2) is 0 Å². The van der Waals surface area contributed by atoms with Crippen LogP contribution in [-0.2, 0) is 0 Å². The van der Waals surface area contributed by atoms with Gasteiger partial charge in [0.05, 0.1) is 0 Å². The molecule has 2 aliphatic rings. The summed E-state index contributed by atoms with van der Waals surface area (Å²) < 4.78 is 26.1. The predicted octanol–water partition coefficient (Wildman–Crippen LogP) is 3.86. The van der Waals surface area contributed by atoms with Crippen LogP contribution in [0.3, 0.4) is 0 Å². The number of fused-ring (bicyclic) bond motifs is 1. The van der Waals surface area contributed by atoms with Crippen LogP contribution < -0.4 is 0 Å². The van der Waals surface area contributed by atoms with Crippen LogP contribution in [0.1, 0.15) is 46.5 Å². The Labute approximate surface area is 78.7 Å². The van der Waals surface area contributed by atoms with Crippen LogP contribution in [0.5, 0.6) is 0 Å². The summed E-state index contributed by atoms with van der Waals surface area (Å²) in [7, 11) is 0. The molecule has 0 radical (unpaired) electrons. The van der Waals surface area contributed by atoms with Crippen molar-refractivity contribution in [2.24, 2.45) is 16.7 Å². The summed E-state index contributed by atoms with van der Waals surface area (Å²) in [5.74, 6) is -2.06. The molecular weight excluding hydrogens is 170 g/mol. The Morgan fingerprint density at radius 1 is 1.08 bits per heavy atom. The fourth-order valence-electron chi connectivity index (χ4n) is 3.12. The molecule has 2 saturated carbocycles. The molecule has 0 amide bonds. The van der Waals surface area contributed by atoms with Gasteiger partial charge in [-0.1, -0.05) is 20.8 Å². The Bertz CT molecular complexity index is 227. The lowest BCUT2D eigenvalue weighted by molar-refractivity contribution is -0.0615. The Morgan fingerprint density at radius 3 is 2.15 bits per heavy atom. The van der Waals surface area contributed by atoms with Gasteiger partial charge < -0.3 is 0 Å². The van der Waals surface area contributed by atoms with Gasteiger partial charge in [0.1, 0.15) is 0 Å². The minimum absolute atomic E-state index is 0.112. The lowest BCUT2D eigenvalue weighted by Crippen LogP contribution is -2.33. The fraction of sp³-hybridized carbons (Fsp3) is 1.00. The molecule has 0 spiro atoms. The van der Waals surface area contributed by atoms with E-state index in [4.69, 9.17) is 0 Å². The van der Waals surface area contributed by atoms with Gasteiger partial charge in [0.2, 0.25) is 5.92 Å². The maximum absolute atomic E-state index is 13.0. The second-order valence-corrected chi connectivity index (χ2v) is 5.87. The molecule has 0 aromatic rings. The van der Waals surface area contributed by atoms with E-state index < -0.39 is 5.92 Å². The number of hydrogen-bond acceptors (Lipinski definition) is 0. The van der Waals surface area contributed by atoms with E-state index in [1.165, 1.54) is 0 Å². The minimum Gasteiger partial charge on any atom is -0.207 e. The molecular formula is C11H18F2. The SMILES string of the molecule is CC(C)(C)C12CCC(F)(F)CC1C2. The van der Waals surface area contributed by atoms with E-state index in [2.05, 4.69) is 20.8 Å². The smallest absolute Gasteiger partial charge is 0.207 e. The van der Waals surface area contributed by atoms with Gasteiger partial charge in [-0.15, -0.1) is 0 Å². The Morgan fingerprint density at radius 2 is 1.69 bits per heavy atom. The number of halogens is 2. The largest absolute Gasteiger partial charge is 0.248 e. The predicted molar refractivity (Wildman–Crippen MR) is 48.8 cm³/mol. The summed E-state index contributed by atoms with van der Waals surface area (Å²) in [6.45, 7) is 6.57. The van der Waals surface area contributed by atoms with Gasteiger partial charge in [-0.05, 0) is 29.6 Å². The highest BCUT2D eigenvalue weighted by Gasteiger charge is 2.65. The molecule has 0 bridgehead atoms. The molecule has 0 aromatic carbocycles. The quantitative estimate of drug-likeness (QED) is 0.541. The van der Waals surface area contributed by atoms with Crippen LogP contribution in [0.2, 0.25) is 0 Å². The number of hydrogen-bond donors (Lipinski definition) is 0. The van der Waals surface area contributed by atoms with Gasteiger partial charge >= 0.3 is 0 Å². The molecule has 2 rings (SSSR count). The van der Waals surface area contributed by atoms with Gasteiger partial charge in [-0.25, -0.2) is 8.78 Å². The Balaban J connectivity index is 2.12. The topological polar surface area (TPSA) is 0 Å². The maximum Gasteiger partial charge on any atom is 0.248 e. The molecule has 2 aliphatic carbocycles. The average molecular weight is 188 g/mol. The van der Waals surface area contributed by atoms with E-state index >= 15 is 0 Å². The van der Waals surface area contributed by atoms with Gasteiger partial charge in [0.15, 0.2) is 0 Å². The van der Waals surface area contributed by atoms with Gasteiger partial charge in [-0.2, -0.15) is 0 Å². The van der Waals surface area contributed by atoms with Crippen molar-refractivity contribution in [2.75, 3.05) is 0 Å². The summed E-state index contributed by atoms with van der Waals surface area (Å²) in [5, 5.41) is 0. The fourth-order valence-corrected chi connectivity index (χ4v) is 3.12. The monoisotopic (exact) mass is 188 g/mol. The first-order valence-corrected chi connectivity index (χ1v) is 5.15. The van der Waals surface area contributed by atoms with Crippen molar-refractivity contribution >= 4 is 0 Å². The third-order valence-corrected chi connectivity index (χ3v) is 4.21. The molecule has 0 saturated heterocycles. The summed E-state index contributed by atoms with van der Waals surface area (Å²) >= 11 is 0. The van der Waals surface area contributed by atoms with Crippen LogP contribution in [0.4, 0.5) is 8.78 Å². The third-order valence-electron chi connectivity index (χ3n) is 4.21. The molecule has 2 heteroatoms. The lowest BCUT2D eigenvalue weighted by atomic mass is 9.69. The van der Waals surface area contributed by atoms with Crippen molar-refractivity contribution in [1.29, 1.82) is 0 Å². The standard InChI is InChI=1S/C11H18F2/c1-9(2,3)10-4-5-11(12,13)7-8(10)6-10/h8H,4-7H2,1-3H3. The van der Waals surface area contributed by atoms with Crippen molar-refractivity contribution in [3.8, 4) is 0 Å². The molecule has 0 aromatic heterocycles. The van der Waals surface area contributed by atoms with Crippen LogP contribution in [0.25, 0.3) is 0 Å². The third kappa shape index (κ3) is 1.29. The van der Waals surface area contributed by atoms with Crippen molar-refractivity contribution in [2.45, 2.75) is 52.4 Å². The zero-order chi connectivity index (χ0) is 9.91. The Hall–Kier alpha value is -0.140. The van der Waals surface area contributed by atoms with E-state index in [9.17, 15) is 8.78 Å². The van der Waals surface area contributed by atoms with E-state index in [1.54, 1.807) is 0 Å². The van der Waals surface area contributed by atoms with Crippen LogP contribution in [-0.4, -0.2) is 5.92 Å². The Kier molecular flexibility index (Phi) is 1.64. The van der Waals surface area contributed by atoms with Gasteiger partial charge in [0, 0.05) is 12.8 Å². The van der Waals surface area contributed by atoms with Crippen molar-refractivity contribution in [3.63, 3.8) is 0 Å². The molecule has 0 aliphatic heterocycles. The molecule has 2 fully saturated rings. The van der Waals surface area contributed by atoms with E-state index in [0.717, 1.165) is 12.8 Å². The molecule has 2 atom stereocenters. The highest BCUT2D eigenvalue weighted by molar-refractivity contribution is 5.12. The maximum atomic E-state index is 13.0. The molecule has 0 nitrogen and oxygen atoms in total. The number of rotatable bonds is 0. The summed E-state index contributed by atoms with van der Waals surface area (Å²) in [4.78, 5) is 0. The summed E-state index contributed by atoms with van der Waals surface area (Å²) in [6.07, 6.45) is 2.02. The zero-order valence-electron chi connectivity index (χ0n) is 8.66. The molecule has 0 heterocycles. The van der Waals surface area contributed by atoms with Gasteiger partial charge in [0.25, 0.3) is 0 Å².